The van der Waals surface area contributed by atoms with Gasteiger partial charge in [-0.05, 0) is 51.0 Å². The van der Waals surface area contributed by atoms with Crippen LogP contribution < -0.4 is 21.1 Å². The number of hydrogen-bond acceptors (Lipinski definition) is 6. The predicted octanol–water partition coefficient (Wildman–Crippen LogP) is 3.38. The molecule has 2 N–H and O–H groups in total. The Bertz CT molecular complexity index is 1250. The quantitative estimate of drug-likeness (QED) is 0.543. The average Bonchev–Trinajstić information content (AvgIpc) is 2.85. The Morgan fingerprint density at radius 2 is 1.76 bits per heavy atom. The number of esters is 1. The van der Waals surface area contributed by atoms with Gasteiger partial charge in [0.2, 0.25) is 0 Å². The molecule has 9 nitrogen and oxygen atoms in total. The maximum absolute atomic E-state index is 13.1. The lowest BCUT2D eigenvalue weighted by Crippen LogP contribution is -2.47. The average molecular weight is 464 g/mol. The Balaban J connectivity index is 1.40. The lowest BCUT2D eigenvalue weighted by molar-refractivity contribution is 0.0527. The summed E-state index contributed by atoms with van der Waals surface area (Å²) in [5.41, 5.74) is 2.23. The van der Waals surface area contributed by atoms with Crippen molar-refractivity contribution in [2.24, 2.45) is 0 Å². The van der Waals surface area contributed by atoms with Gasteiger partial charge in [0.25, 0.3) is 5.56 Å². The van der Waals surface area contributed by atoms with Crippen LogP contribution >= 0.6 is 0 Å². The van der Waals surface area contributed by atoms with Crippen molar-refractivity contribution in [1.29, 1.82) is 0 Å². The van der Waals surface area contributed by atoms with Gasteiger partial charge in [0.1, 0.15) is 0 Å². The van der Waals surface area contributed by atoms with Crippen molar-refractivity contribution in [1.82, 2.24) is 14.9 Å². The van der Waals surface area contributed by atoms with E-state index in [1.54, 1.807) is 35.8 Å². The first-order chi connectivity index (χ1) is 16.5. The molecule has 0 saturated carbocycles. The van der Waals surface area contributed by atoms with Crippen molar-refractivity contribution < 1.29 is 14.3 Å². The molecule has 178 valence electrons. The molecule has 2 aromatic carbocycles. The van der Waals surface area contributed by atoms with Gasteiger partial charge in [-0.3, -0.25) is 4.79 Å². The number of nitrogens with zero attached hydrogens (tertiary/aromatic N) is 3. The molecule has 1 saturated heterocycles. The topological polar surface area (TPSA) is 106 Å². The third-order valence-corrected chi connectivity index (χ3v) is 5.95. The number of aryl methyl sites for hydroxylation is 1. The van der Waals surface area contributed by atoms with Crippen molar-refractivity contribution in [2.75, 3.05) is 29.9 Å². The van der Waals surface area contributed by atoms with Crippen molar-refractivity contribution >= 4 is 34.5 Å². The monoisotopic (exact) mass is 463 g/mol. The zero-order valence-corrected chi connectivity index (χ0v) is 19.4. The number of carbonyl (C=O) groups excluding carboxylic acids is 2. The smallest absolute Gasteiger partial charge is 0.340 e. The summed E-state index contributed by atoms with van der Waals surface area (Å²) in [7, 11) is 0. The molecule has 0 radical (unpaired) electrons. The first kappa shape index (κ1) is 23.3. The van der Waals surface area contributed by atoms with Gasteiger partial charge in [-0.25, -0.2) is 14.6 Å². The minimum absolute atomic E-state index is 0.0557. The number of anilines is 2. The predicted molar refractivity (Wildman–Crippen MR) is 131 cm³/mol. The SMILES string of the molecule is CCOC(=O)c1ccccc1NC(=O)NC1CCN(c2nc3ccccc3n(CC)c2=O)CC1. The molecule has 34 heavy (non-hydrogen) atoms. The Morgan fingerprint density at radius 3 is 2.50 bits per heavy atom. The molecule has 4 rings (SSSR count). The molecular formula is C25H29N5O4. The van der Waals surface area contributed by atoms with E-state index in [2.05, 4.69) is 15.6 Å². The van der Waals surface area contributed by atoms with Gasteiger partial charge in [-0.2, -0.15) is 0 Å². The molecule has 2 amide bonds. The van der Waals surface area contributed by atoms with Crippen LogP contribution in [-0.2, 0) is 11.3 Å². The molecule has 0 bridgehead atoms. The maximum atomic E-state index is 13.1. The number of rotatable bonds is 6. The van der Waals surface area contributed by atoms with E-state index in [0.717, 1.165) is 11.0 Å². The number of fused-ring (bicyclic) bond motifs is 1. The first-order valence-electron chi connectivity index (χ1n) is 11.6. The molecule has 1 aliphatic rings. The number of ether oxygens (including phenoxy) is 1. The van der Waals surface area contributed by atoms with E-state index >= 15 is 0 Å². The van der Waals surface area contributed by atoms with Gasteiger partial charge in [0.05, 0.1) is 28.9 Å². The molecule has 1 aromatic heterocycles. The maximum Gasteiger partial charge on any atom is 0.340 e. The van der Waals surface area contributed by atoms with Gasteiger partial charge in [-0.15, -0.1) is 0 Å². The summed E-state index contributed by atoms with van der Waals surface area (Å²) < 4.78 is 6.80. The second kappa shape index (κ2) is 10.4. The fourth-order valence-corrected chi connectivity index (χ4v) is 4.26. The van der Waals surface area contributed by atoms with Crippen LogP contribution in [0.5, 0.6) is 0 Å². The van der Waals surface area contributed by atoms with E-state index in [4.69, 9.17) is 4.74 Å². The number of carbonyl (C=O) groups is 2. The summed E-state index contributed by atoms with van der Waals surface area (Å²) in [5.74, 6) is -0.0286. The van der Waals surface area contributed by atoms with E-state index in [9.17, 15) is 14.4 Å². The lowest BCUT2D eigenvalue weighted by atomic mass is 10.1. The molecule has 0 atom stereocenters. The fourth-order valence-electron chi connectivity index (χ4n) is 4.26. The molecule has 9 heteroatoms. The molecule has 3 aromatic rings. The van der Waals surface area contributed by atoms with Crippen molar-refractivity contribution in [3.63, 3.8) is 0 Å². The molecular weight excluding hydrogens is 434 g/mol. The summed E-state index contributed by atoms with van der Waals surface area (Å²) in [6.45, 7) is 5.72. The number of hydrogen-bond donors (Lipinski definition) is 2. The van der Waals surface area contributed by atoms with Crippen LogP contribution in [0.3, 0.4) is 0 Å². The molecule has 2 heterocycles. The highest BCUT2D eigenvalue weighted by molar-refractivity contribution is 6.00. The normalized spacial score (nSPS) is 14.1. The van der Waals surface area contributed by atoms with Crippen molar-refractivity contribution in [2.45, 2.75) is 39.3 Å². The highest BCUT2D eigenvalue weighted by Gasteiger charge is 2.25. The third kappa shape index (κ3) is 4.88. The van der Waals surface area contributed by atoms with E-state index < -0.39 is 5.97 Å². The third-order valence-electron chi connectivity index (χ3n) is 5.95. The van der Waals surface area contributed by atoms with Gasteiger partial charge >= 0.3 is 12.0 Å². The standard InChI is InChI=1S/C25H29N5O4/c1-3-30-21-12-8-7-11-20(21)27-22(23(30)31)29-15-13-17(14-16-29)26-25(33)28-19-10-6-5-9-18(19)24(32)34-4-2/h5-12,17H,3-4,13-16H2,1-2H3,(H2,26,28,33). The first-order valence-corrected chi connectivity index (χ1v) is 11.6. The number of amides is 2. The van der Waals surface area contributed by atoms with E-state index in [0.29, 0.717) is 49.5 Å². The Morgan fingerprint density at radius 1 is 1.06 bits per heavy atom. The zero-order valence-electron chi connectivity index (χ0n) is 19.4. The van der Waals surface area contributed by atoms with Crippen molar-refractivity contribution in [3.05, 3.63) is 64.4 Å². The van der Waals surface area contributed by atoms with Gasteiger partial charge in [0.15, 0.2) is 5.82 Å². The van der Waals surface area contributed by atoms with Crippen LogP contribution in [-0.4, -0.2) is 47.3 Å². The Kier molecular flexibility index (Phi) is 7.10. The van der Waals surface area contributed by atoms with Crippen LogP contribution in [0.4, 0.5) is 16.3 Å². The van der Waals surface area contributed by atoms with E-state index in [-0.39, 0.29) is 24.2 Å². The molecule has 0 aliphatic carbocycles. The number of benzene rings is 2. The highest BCUT2D eigenvalue weighted by Crippen LogP contribution is 2.20. The lowest BCUT2D eigenvalue weighted by Gasteiger charge is -2.33. The second-order valence-electron chi connectivity index (χ2n) is 8.10. The van der Waals surface area contributed by atoms with E-state index in [1.165, 1.54) is 0 Å². The molecule has 0 unspecified atom stereocenters. The van der Waals surface area contributed by atoms with E-state index in [1.807, 2.05) is 36.1 Å². The number of para-hydroxylation sites is 3. The Labute approximate surface area is 197 Å². The number of piperidine rings is 1. The minimum atomic E-state index is -0.479. The largest absolute Gasteiger partial charge is 0.462 e. The molecule has 1 fully saturated rings. The Hall–Kier alpha value is -3.88. The van der Waals surface area contributed by atoms with Crippen LogP contribution in [0.1, 0.15) is 37.0 Å². The van der Waals surface area contributed by atoms with Crippen LogP contribution in [0, 0.1) is 0 Å². The van der Waals surface area contributed by atoms with Gasteiger partial charge in [0, 0.05) is 25.7 Å². The number of urea groups is 1. The number of nitrogens with one attached hydrogen (secondary N) is 2. The zero-order chi connectivity index (χ0) is 24.1. The summed E-state index contributed by atoms with van der Waals surface area (Å²) in [5, 5.41) is 5.73. The molecule has 1 aliphatic heterocycles. The van der Waals surface area contributed by atoms with Gasteiger partial charge in [-0.1, -0.05) is 24.3 Å². The fraction of sp³-hybridized carbons (Fsp3) is 0.360. The minimum Gasteiger partial charge on any atom is -0.462 e. The van der Waals surface area contributed by atoms with Gasteiger partial charge < -0.3 is 24.8 Å². The van der Waals surface area contributed by atoms with Crippen LogP contribution in [0.25, 0.3) is 11.0 Å². The second-order valence-corrected chi connectivity index (χ2v) is 8.10. The summed E-state index contributed by atoms with van der Waals surface area (Å²) >= 11 is 0. The number of aromatic nitrogens is 2. The molecule has 0 spiro atoms. The van der Waals surface area contributed by atoms with Crippen LogP contribution in [0.2, 0.25) is 0 Å². The highest BCUT2D eigenvalue weighted by atomic mass is 16.5. The summed E-state index contributed by atoms with van der Waals surface area (Å²) in [6, 6.07) is 14.0. The summed E-state index contributed by atoms with van der Waals surface area (Å²) in [6.07, 6.45) is 1.35. The summed E-state index contributed by atoms with van der Waals surface area (Å²) in [4.78, 5) is 44.4. The van der Waals surface area contributed by atoms with Crippen LogP contribution in [0.15, 0.2) is 53.3 Å². The van der Waals surface area contributed by atoms with Crippen molar-refractivity contribution in [3.8, 4) is 0 Å².